The molecule has 1 aromatic carbocycles. The zero-order valence-electron chi connectivity index (χ0n) is 8.79. The lowest BCUT2D eigenvalue weighted by atomic mass is 9.99. The van der Waals surface area contributed by atoms with Crippen molar-refractivity contribution in [2.75, 3.05) is 6.61 Å². The summed E-state index contributed by atoms with van der Waals surface area (Å²) in [5.41, 5.74) is 9.78. The van der Waals surface area contributed by atoms with E-state index in [0.29, 0.717) is 0 Å². The van der Waals surface area contributed by atoms with Crippen LogP contribution in [-0.2, 0) is 4.74 Å². The predicted octanol–water partition coefficient (Wildman–Crippen LogP) is 2.09. The number of nitrogens with two attached hydrogens (primary N) is 1. The second-order valence-electron chi connectivity index (χ2n) is 4.16. The van der Waals surface area contributed by atoms with Crippen molar-refractivity contribution in [3.63, 3.8) is 0 Å². The molecule has 0 amide bonds. The van der Waals surface area contributed by atoms with Crippen molar-refractivity contribution in [1.82, 2.24) is 0 Å². The molecule has 1 heterocycles. The zero-order valence-corrected chi connectivity index (χ0v) is 8.79. The monoisotopic (exact) mass is 191 g/mol. The highest BCUT2D eigenvalue weighted by Gasteiger charge is 2.26. The normalized spacial score (nSPS) is 26.8. The molecule has 1 aromatic rings. The maximum Gasteiger partial charge on any atom is 0.0976 e. The summed E-state index contributed by atoms with van der Waals surface area (Å²) in [6.07, 6.45) is 1.08. The minimum absolute atomic E-state index is 0.105. The van der Waals surface area contributed by atoms with Crippen molar-refractivity contribution in [2.24, 2.45) is 5.73 Å². The molecule has 1 aliphatic rings. The third-order valence-electron chi connectivity index (χ3n) is 2.71. The number of ether oxygens (including phenoxy) is 1. The van der Waals surface area contributed by atoms with Crippen LogP contribution in [0.1, 0.15) is 29.2 Å². The van der Waals surface area contributed by atoms with Crippen LogP contribution in [0.25, 0.3) is 0 Å². The molecule has 0 aromatic heterocycles. The Balaban J connectivity index is 2.31. The van der Waals surface area contributed by atoms with E-state index in [1.807, 2.05) is 0 Å². The van der Waals surface area contributed by atoms with Gasteiger partial charge in [-0.2, -0.15) is 0 Å². The highest BCUT2D eigenvalue weighted by Crippen LogP contribution is 2.28. The molecule has 1 saturated heterocycles. The highest BCUT2D eigenvalue weighted by atomic mass is 16.5. The maximum atomic E-state index is 5.99. The van der Waals surface area contributed by atoms with Gasteiger partial charge in [-0.1, -0.05) is 29.3 Å². The second-order valence-corrected chi connectivity index (χ2v) is 4.16. The Morgan fingerprint density at radius 2 is 1.86 bits per heavy atom. The number of rotatable bonds is 1. The SMILES string of the molecule is Cc1cc(C)cc(C2OCCC2N)c1. The van der Waals surface area contributed by atoms with Crippen LogP contribution < -0.4 is 5.73 Å². The Morgan fingerprint density at radius 1 is 1.21 bits per heavy atom. The average molecular weight is 191 g/mol. The van der Waals surface area contributed by atoms with Gasteiger partial charge in [-0.15, -0.1) is 0 Å². The van der Waals surface area contributed by atoms with Crippen LogP contribution in [0.3, 0.4) is 0 Å². The predicted molar refractivity (Wildman–Crippen MR) is 57.2 cm³/mol. The molecular weight excluding hydrogens is 174 g/mol. The lowest BCUT2D eigenvalue weighted by molar-refractivity contribution is 0.105. The molecule has 2 N–H and O–H groups in total. The molecule has 0 spiro atoms. The second kappa shape index (κ2) is 3.71. The Hall–Kier alpha value is -0.860. The summed E-state index contributed by atoms with van der Waals surface area (Å²) in [4.78, 5) is 0. The van der Waals surface area contributed by atoms with Gasteiger partial charge in [-0.05, 0) is 25.8 Å². The van der Waals surface area contributed by atoms with Gasteiger partial charge in [-0.3, -0.25) is 0 Å². The first kappa shape index (κ1) is 9.69. The summed E-state index contributed by atoms with van der Waals surface area (Å²) in [5.74, 6) is 0. The standard InChI is InChI=1S/C12H17NO/c1-8-5-9(2)7-10(6-8)12-11(13)3-4-14-12/h5-7,11-12H,3-4,13H2,1-2H3. The minimum atomic E-state index is 0.105. The summed E-state index contributed by atoms with van der Waals surface area (Å²) in [6, 6.07) is 6.67. The molecule has 0 aliphatic carbocycles. The highest BCUT2D eigenvalue weighted by molar-refractivity contribution is 5.31. The number of aryl methyl sites for hydroxylation is 2. The molecule has 2 unspecified atom stereocenters. The molecule has 14 heavy (non-hydrogen) atoms. The Kier molecular flexibility index (Phi) is 2.57. The van der Waals surface area contributed by atoms with Gasteiger partial charge in [0.05, 0.1) is 6.10 Å². The summed E-state index contributed by atoms with van der Waals surface area (Å²) >= 11 is 0. The van der Waals surface area contributed by atoms with Gasteiger partial charge in [0.1, 0.15) is 0 Å². The van der Waals surface area contributed by atoms with Crippen LogP contribution in [0.2, 0.25) is 0 Å². The van der Waals surface area contributed by atoms with Crippen molar-refractivity contribution in [2.45, 2.75) is 32.4 Å². The first-order valence-electron chi connectivity index (χ1n) is 5.12. The fourth-order valence-corrected chi connectivity index (χ4v) is 2.12. The molecule has 2 heteroatoms. The van der Waals surface area contributed by atoms with E-state index in [-0.39, 0.29) is 12.1 Å². The lowest BCUT2D eigenvalue weighted by Crippen LogP contribution is -2.23. The minimum Gasteiger partial charge on any atom is -0.372 e. The summed E-state index contributed by atoms with van der Waals surface area (Å²) in [6.45, 7) is 5.01. The third-order valence-corrected chi connectivity index (χ3v) is 2.71. The Labute approximate surface area is 85.1 Å². The van der Waals surface area contributed by atoms with Crippen LogP contribution in [0, 0.1) is 13.8 Å². The lowest BCUT2D eigenvalue weighted by Gasteiger charge is -2.16. The molecule has 2 nitrogen and oxygen atoms in total. The van der Waals surface area contributed by atoms with Gasteiger partial charge >= 0.3 is 0 Å². The summed E-state index contributed by atoms with van der Waals surface area (Å²) in [7, 11) is 0. The van der Waals surface area contributed by atoms with Crippen molar-refractivity contribution in [1.29, 1.82) is 0 Å². The van der Waals surface area contributed by atoms with Crippen LogP contribution in [0.5, 0.6) is 0 Å². The van der Waals surface area contributed by atoms with E-state index >= 15 is 0 Å². The fourth-order valence-electron chi connectivity index (χ4n) is 2.12. The quantitative estimate of drug-likeness (QED) is 0.737. The van der Waals surface area contributed by atoms with Crippen molar-refractivity contribution in [3.05, 3.63) is 34.9 Å². The van der Waals surface area contributed by atoms with Crippen molar-refractivity contribution >= 4 is 0 Å². The molecule has 1 aliphatic heterocycles. The van der Waals surface area contributed by atoms with Crippen molar-refractivity contribution < 1.29 is 4.74 Å². The van der Waals surface area contributed by atoms with Gasteiger partial charge in [-0.25, -0.2) is 0 Å². The van der Waals surface area contributed by atoms with Crippen LogP contribution in [-0.4, -0.2) is 12.6 Å². The van der Waals surface area contributed by atoms with E-state index in [1.165, 1.54) is 16.7 Å². The topological polar surface area (TPSA) is 35.2 Å². The molecule has 2 rings (SSSR count). The summed E-state index contributed by atoms with van der Waals surface area (Å²) < 4.78 is 5.64. The van der Waals surface area contributed by atoms with E-state index in [0.717, 1.165) is 13.0 Å². The molecular formula is C12H17NO. The molecule has 1 fully saturated rings. The first-order valence-corrected chi connectivity index (χ1v) is 5.12. The molecule has 0 saturated carbocycles. The molecule has 0 radical (unpaired) electrons. The average Bonchev–Trinajstić information content (AvgIpc) is 2.49. The Bertz CT molecular complexity index is 315. The summed E-state index contributed by atoms with van der Waals surface area (Å²) in [5, 5.41) is 0. The molecule has 2 atom stereocenters. The Morgan fingerprint density at radius 3 is 2.36 bits per heavy atom. The van der Waals surface area contributed by atoms with Gasteiger partial charge in [0.15, 0.2) is 0 Å². The number of hydrogen-bond donors (Lipinski definition) is 1. The van der Waals surface area contributed by atoms with Crippen LogP contribution >= 0.6 is 0 Å². The van der Waals surface area contributed by atoms with Gasteiger partial charge in [0.2, 0.25) is 0 Å². The molecule has 0 bridgehead atoms. The smallest absolute Gasteiger partial charge is 0.0976 e. The van der Waals surface area contributed by atoms with Crippen LogP contribution in [0.4, 0.5) is 0 Å². The molecule has 76 valence electrons. The third kappa shape index (κ3) is 1.81. The maximum absolute atomic E-state index is 5.99. The van der Waals surface area contributed by atoms with E-state index in [9.17, 15) is 0 Å². The van der Waals surface area contributed by atoms with E-state index in [2.05, 4.69) is 32.0 Å². The largest absolute Gasteiger partial charge is 0.372 e. The fraction of sp³-hybridized carbons (Fsp3) is 0.500. The van der Waals surface area contributed by atoms with Crippen molar-refractivity contribution in [3.8, 4) is 0 Å². The van der Waals surface area contributed by atoms with Gasteiger partial charge < -0.3 is 10.5 Å². The van der Waals surface area contributed by atoms with E-state index in [4.69, 9.17) is 10.5 Å². The van der Waals surface area contributed by atoms with E-state index in [1.54, 1.807) is 0 Å². The van der Waals surface area contributed by atoms with Crippen LogP contribution in [0.15, 0.2) is 18.2 Å². The number of hydrogen-bond acceptors (Lipinski definition) is 2. The first-order chi connectivity index (χ1) is 6.66. The van der Waals surface area contributed by atoms with Gasteiger partial charge in [0.25, 0.3) is 0 Å². The zero-order chi connectivity index (χ0) is 10.1. The van der Waals surface area contributed by atoms with E-state index < -0.39 is 0 Å². The van der Waals surface area contributed by atoms with Gasteiger partial charge in [0, 0.05) is 12.6 Å². The number of benzene rings is 1.